The minimum atomic E-state index is -0.0458. The van der Waals surface area contributed by atoms with Gasteiger partial charge in [0.25, 0.3) is 0 Å². The van der Waals surface area contributed by atoms with Crippen molar-refractivity contribution in [3.8, 4) is 0 Å². The third-order valence-electron chi connectivity index (χ3n) is 5.75. The second kappa shape index (κ2) is 4.33. The lowest BCUT2D eigenvalue weighted by molar-refractivity contribution is -0.0418. The molecule has 1 heteroatoms. The van der Waals surface area contributed by atoms with Gasteiger partial charge in [-0.3, -0.25) is 0 Å². The van der Waals surface area contributed by atoms with Crippen LogP contribution >= 0.6 is 0 Å². The molecule has 0 radical (unpaired) electrons. The molecule has 0 bridgehead atoms. The lowest BCUT2D eigenvalue weighted by Gasteiger charge is -2.47. The van der Waals surface area contributed by atoms with Crippen LogP contribution in [0.3, 0.4) is 0 Å². The predicted octanol–water partition coefficient (Wildman–Crippen LogP) is 3.86. The first-order valence-electron chi connectivity index (χ1n) is 7.15. The van der Waals surface area contributed by atoms with Gasteiger partial charge in [-0.05, 0) is 61.2 Å². The molecule has 0 aromatic rings. The topological polar surface area (TPSA) is 20.2 Å². The molecule has 16 heavy (non-hydrogen) atoms. The molecule has 2 fully saturated rings. The van der Waals surface area contributed by atoms with Gasteiger partial charge in [0.15, 0.2) is 0 Å². The molecule has 5 unspecified atom stereocenters. The Balaban J connectivity index is 2.20. The van der Waals surface area contributed by atoms with E-state index in [1.54, 1.807) is 0 Å². The van der Waals surface area contributed by atoms with Gasteiger partial charge in [-0.2, -0.15) is 0 Å². The molecule has 0 amide bonds. The van der Waals surface area contributed by atoms with Gasteiger partial charge >= 0.3 is 0 Å². The van der Waals surface area contributed by atoms with Gasteiger partial charge in [-0.1, -0.05) is 27.7 Å². The van der Waals surface area contributed by atoms with Crippen molar-refractivity contribution >= 4 is 0 Å². The molecule has 2 rings (SSSR count). The summed E-state index contributed by atoms with van der Waals surface area (Å²) in [5, 5.41) is 10.2. The van der Waals surface area contributed by atoms with E-state index in [-0.39, 0.29) is 6.10 Å². The average Bonchev–Trinajstić information content (AvgIpc) is 2.51. The van der Waals surface area contributed by atoms with Gasteiger partial charge < -0.3 is 5.11 Å². The average molecular weight is 224 g/mol. The van der Waals surface area contributed by atoms with Crippen LogP contribution in [0.5, 0.6) is 0 Å². The normalized spacial score (nSPS) is 49.1. The molecular weight excluding hydrogens is 196 g/mol. The summed E-state index contributed by atoms with van der Waals surface area (Å²) in [6.07, 6.45) is 6.38. The van der Waals surface area contributed by atoms with E-state index in [4.69, 9.17) is 0 Å². The minimum absolute atomic E-state index is 0.0458. The largest absolute Gasteiger partial charge is 0.393 e. The Labute approximate surface area is 101 Å². The fourth-order valence-electron chi connectivity index (χ4n) is 4.53. The molecule has 2 aliphatic rings. The maximum atomic E-state index is 10.2. The SMILES string of the molecule is CC(C)C1CCC(C)C12CCC(C)C(O)C2. The molecule has 2 aliphatic carbocycles. The van der Waals surface area contributed by atoms with Crippen molar-refractivity contribution in [3.63, 3.8) is 0 Å². The van der Waals surface area contributed by atoms with Gasteiger partial charge in [0.05, 0.1) is 6.10 Å². The molecule has 0 aromatic carbocycles. The highest BCUT2D eigenvalue weighted by atomic mass is 16.3. The number of hydrogen-bond donors (Lipinski definition) is 1. The number of aliphatic hydroxyl groups excluding tert-OH is 1. The first-order chi connectivity index (χ1) is 7.47. The predicted molar refractivity (Wildman–Crippen MR) is 68.2 cm³/mol. The Hall–Kier alpha value is -0.0400. The zero-order valence-corrected chi connectivity index (χ0v) is 11.4. The maximum Gasteiger partial charge on any atom is 0.0571 e. The van der Waals surface area contributed by atoms with Crippen LogP contribution in [0.1, 0.15) is 59.8 Å². The van der Waals surface area contributed by atoms with Gasteiger partial charge in [-0.25, -0.2) is 0 Å². The second-order valence-electron chi connectivity index (χ2n) is 6.85. The summed E-state index contributed by atoms with van der Waals surface area (Å²) in [5.41, 5.74) is 0.472. The third-order valence-corrected chi connectivity index (χ3v) is 5.75. The monoisotopic (exact) mass is 224 g/mol. The summed E-state index contributed by atoms with van der Waals surface area (Å²) >= 11 is 0. The molecule has 1 nitrogen and oxygen atoms in total. The molecule has 0 aliphatic heterocycles. The zero-order chi connectivity index (χ0) is 11.9. The summed E-state index contributed by atoms with van der Waals surface area (Å²) in [6.45, 7) is 9.37. The molecule has 0 heterocycles. The fraction of sp³-hybridized carbons (Fsp3) is 1.00. The molecule has 1 spiro atoms. The van der Waals surface area contributed by atoms with Crippen LogP contribution in [0.4, 0.5) is 0 Å². The zero-order valence-electron chi connectivity index (χ0n) is 11.4. The lowest BCUT2D eigenvalue weighted by atomic mass is 9.58. The standard InChI is InChI=1S/C15H28O/c1-10(2)13-6-5-12(4)15(13)8-7-11(3)14(16)9-15/h10-14,16H,5-9H2,1-4H3. The molecular formula is C15H28O. The summed E-state index contributed by atoms with van der Waals surface area (Å²) in [6, 6.07) is 0. The van der Waals surface area contributed by atoms with Crippen molar-refractivity contribution in [1.29, 1.82) is 0 Å². The highest BCUT2D eigenvalue weighted by Gasteiger charge is 2.51. The van der Waals surface area contributed by atoms with Crippen LogP contribution in [0.15, 0.2) is 0 Å². The van der Waals surface area contributed by atoms with Gasteiger partial charge in [0, 0.05) is 0 Å². The van der Waals surface area contributed by atoms with E-state index in [0.717, 1.165) is 24.2 Å². The van der Waals surface area contributed by atoms with E-state index < -0.39 is 0 Å². The summed E-state index contributed by atoms with van der Waals surface area (Å²) in [5.74, 6) is 2.98. The fourth-order valence-corrected chi connectivity index (χ4v) is 4.53. The third kappa shape index (κ3) is 1.81. The maximum absolute atomic E-state index is 10.2. The molecule has 0 aromatic heterocycles. The van der Waals surface area contributed by atoms with Crippen molar-refractivity contribution < 1.29 is 5.11 Å². The van der Waals surface area contributed by atoms with Crippen LogP contribution < -0.4 is 0 Å². The Kier molecular flexibility index (Phi) is 3.36. The van der Waals surface area contributed by atoms with Crippen LogP contribution in [0.25, 0.3) is 0 Å². The van der Waals surface area contributed by atoms with Crippen molar-refractivity contribution in [1.82, 2.24) is 0 Å². The van der Waals surface area contributed by atoms with Crippen LogP contribution in [0, 0.1) is 29.1 Å². The van der Waals surface area contributed by atoms with E-state index >= 15 is 0 Å². The first-order valence-corrected chi connectivity index (χ1v) is 7.15. The Morgan fingerprint density at radius 2 is 1.81 bits per heavy atom. The van der Waals surface area contributed by atoms with Crippen molar-refractivity contribution in [2.24, 2.45) is 29.1 Å². The van der Waals surface area contributed by atoms with E-state index in [2.05, 4.69) is 27.7 Å². The molecule has 0 saturated heterocycles. The lowest BCUT2D eigenvalue weighted by Crippen LogP contribution is -2.43. The van der Waals surface area contributed by atoms with Gasteiger partial charge in [0.2, 0.25) is 0 Å². The first kappa shape index (κ1) is 12.4. The Morgan fingerprint density at radius 1 is 1.12 bits per heavy atom. The summed E-state index contributed by atoms with van der Waals surface area (Å²) in [4.78, 5) is 0. The minimum Gasteiger partial charge on any atom is -0.393 e. The van der Waals surface area contributed by atoms with Crippen molar-refractivity contribution in [2.45, 2.75) is 65.9 Å². The van der Waals surface area contributed by atoms with Crippen LogP contribution in [0.2, 0.25) is 0 Å². The van der Waals surface area contributed by atoms with Gasteiger partial charge in [0.1, 0.15) is 0 Å². The van der Waals surface area contributed by atoms with Crippen LogP contribution in [-0.4, -0.2) is 11.2 Å². The molecule has 2 saturated carbocycles. The Morgan fingerprint density at radius 3 is 2.38 bits per heavy atom. The highest BCUT2D eigenvalue weighted by molar-refractivity contribution is 5.01. The van der Waals surface area contributed by atoms with Gasteiger partial charge in [-0.15, -0.1) is 0 Å². The molecule has 5 atom stereocenters. The van der Waals surface area contributed by atoms with Crippen molar-refractivity contribution in [2.75, 3.05) is 0 Å². The van der Waals surface area contributed by atoms with Crippen molar-refractivity contribution in [3.05, 3.63) is 0 Å². The smallest absolute Gasteiger partial charge is 0.0571 e. The quantitative estimate of drug-likeness (QED) is 0.717. The molecule has 1 N–H and O–H groups in total. The van der Waals surface area contributed by atoms with E-state index in [0.29, 0.717) is 11.3 Å². The van der Waals surface area contributed by atoms with E-state index in [1.165, 1.54) is 25.7 Å². The number of hydrogen-bond acceptors (Lipinski definition) is 1. The van der Waals surface area contributed by atoms with E-state index in [9.17, 15) is 5.11 Å². The number of rotatable bonds is 1. The number of aliphatic hydroxyl groups is 1. The molecule has 94 valence electrons. The highest BCUT2D eigenvalue weighted by Crippen LogP contribution is 2.59. The summed E-state index contributed by atoms with van der Waals surface area (Å²) < 4.78 is 0. The Bertz CT molecular complexity index is 248. The van der Waals surface area contributed by atoms with Crippen LogP contribution in [-0.2, 0) is 0 Å². The second-order valence-corrected chi connectivity index (χ2v) is 6.85. The summed E-state index contributed by atoms with van der Waals surface area (Å²) in [7, 11) is 0. The van der Waals surface area contributed by atoms with E-state index in [1.807, 2.05) is 0 Å².